The predicted octanol–water partition coefficient (Wildman–Crippen LogP) is 5.83. The van der Waals surface area contributed by atoms with Crippen molar-refractivity contribution in [1.29, 1.82) is 0 Å². The van der Waals surface area contributed by atoms with Crippen molar-refractivity contribution in [2.45, 2.75) is 77.4 Å². The number of carbonyl (C=O) groups is 1. The van der Waals surface area contributed by atoms with Gasteiger partial charge in [-0.1, -0.05) is 32.4 Å². The normalized spacial score (nSPS) is 17.9. The molecule has 2 heterocycles. The van der Waals surface area contributed by atoms with Crippen LogP contribution in [0.5, 0.6) is 11.5 Å². The molecule has 0 amide bonds. The van der Waals surface area contributed by atoms with Crippen LogP contribution < -0.4 is 9.47 Å². The third-order valence-corrected chi connectivity index (χ3v) is 7.91. The highest BCUT2D eigenvalue weighted by Crippen LogP contribution is 2.46. The van der Waals surface area contributed by atoms with Gasteiger partial charge in [0.25, 0.3) is 0 Å². The monoisotopic (exact) mass is 478 g/mol. The molecule has 0 saturated carbocycles. The summed E-state index contributed by atoms with van der Waals surface area (Å²) in [6, 6.07) is 13.3. The van der Waals surface area contributed by atoms with Crippen molar-refractivity contribution >= 4 is 6.29 Å². The first-order valence-corrected chi connectivity index (χ1v) is 13.4. The van der Waals surface area contributed by atoms with Crippen LogP contribution >= 0.6 is 0 Å². The first-order chi connectivity index (χ1) is 17.0. The van der Waals surface area contributed by atoms with Gasteiger partial charge in [-0.3, -0.25) is 14.6 Å². The van der Waals surface area contributed by atoms with Crippen LogP contribution in [0, 0.1) is 0 Å². The van der Waals surface area contributed by atoms with Gasteiger partial charge in [0.2, 0.25) is 0 Å². The molecule has 5 nitrogen and oxygen atoms in total. The maximum atomic E-state index is 11.9. The Labute approximate surface area is 211 Å². The lowest BCUT2D eigenvalue weighted by Crippen LogP contribution is -2.43. The second-order valence-electron chi connectivity index (χ2n) is 10.6. The summed E-state index contributed by atoms with van der Waals surface area (Å²) in [6.07, 6.45) is 6.49. The average Bonchev–Trinajstić information content (AvgIpc) is 3.21. The van der Waals surface area contributed by atoms with Crippen molar-refractivity contribution in [3.8, 4) is 11.5 Å². The van der Waals surface area contributed by atoms with Gasteiger partial charge in [0.05, 0.1) is 13.2 Å². The molecule has 0 aliphatic carbocycles. The summed E-state index contributed by atoms with van der Waals surface area (Å²) in [4.78, 5) is 16.8. The van der Waals surface area contributed by atoms with Crippen LogP contribution in [0.1, 0.15) is 79.9 Å². The molecule has 0 N–H and O–H groups in total. The number of nitrogens with zero attached hydrogens (tertiary/aromatic N) is 2. The Hall–Kier alpha value is -2.37. The molecule has 1 atom stereocenters. The first-order valence-electron chi connectivity index (χ1n) is 13.4. The number of piperidine rings is 1. The van der Waals surface area contributed by atoms with Gasteiger partial charge in [0.15, 0.2) is 6.29 Å². The summed E-state index contributed by atoms with van der Waals surface area (Å²) < 4.78 is 12.0. The molecule has 190 valence electrons. The highest BCUT2D eigenvalue weighted by Gasteiger charge is 2.43. The Balaban J connectivity index is 1.45. The van der Waals surface area contributed by atoms with Crippen LogP contribution in [0.2, 0.25) is 0 Å². The minimum absolute atomic E-state index is 0.0572. The van der Waals surface area contributed by atoms with Crippen molar-refractivity contribution in [2.75, 3.05) is 33.4 Å². The van der Waals surface area contributed by atoms with E-state index in [1.54, 1.807) is 0 Å². The summed E-state index contributed by atoms with van der Waals surface area (Å²) in [5.74, 6) is 1.88. The third kappa shape index (κ3) is 5.90. The summed E-state index contributed by atoms with van der Waals surface area (Å²) in [5, 5.41) is 0. The van der Waals surface area contributed by atoms with E-state index in [1.165, 1.54) is 17.5 Å². The number of aldehydes is 1. The van der Waals surface area contributed by atoms with Gasteiger partial charge in [0.1, 0.15) is 11.5 Å². The van der Waals surface area contributed by atoms with Crippen LogP contribution in [0.3, 0.4) is 0 Å². The molecule has 2 aliphatic heterocycles. The van der Waals surface area contributed by atoms with Crippen LogP contribution in [0.15, 0.2) is 36.4 Å². The van der Waals surface area contributed by atoms with E-state index >= 15 is 0 Å². The smallest absolute Gasteiger partial charge is 0.150 e. The highest BCUT2D eigenvalue weighted by atomic mass is 16.5. The van der Waals surface area contributed by atoms with E-state index in [0.717, 1.165) is 94.0 Å². The first kappa shape index (κ1) is 25.7. The maximum Gasteiger partial charge on any atom is 0.150 e. The number of benzene rings is 2. The molecule has 2 aliphatic rings. The van der Waals surface area contributed by atoms with Crippen molar-refractivity contribution in [1.82, 2.24) is 9.80 Å². The molecule has 1 saturated heterocycles. The largest absolute Gasteiger partial charge is 0.494 e. The van der Waals surface area contributed by atoms with Gasteiger partial charge >= 0.3 is 0 Å². The van der Waals surface area contributed by atoms with Crippen molar-refractivity contribution < 1.29 is 14.3 Å². The Bertz CT molecular complexity index is 997. The second kappa shape index (κ2) is 11.6. The minimum Gasteiger partial charge on any atom is -0.494 e. The Morgan fingerprint density at radius 2 is 1.97 bits per heavy atom. The summed E-state index contributed by atoms with van der Waals surface area (Å²) >= 11 is 0. The molecular weight excluding hydrogens is 436 g/mol. The van der Waals surface area contributed by atoms with Crippen LogP contribution in [-0.2, 0) is 18.5 Å². The number of likely N-dealkylation sites (tertiary alicyclic amines) is 1. The van der Waals surface area contributed by atoms with E-state index in [0.29, 0.717) is 6.04 Å². The molecule has 5 heteroatoms. The molecule has 4 rings (SSSR count). The quantitative estimate of drug-likeness (QED) is 0.380. The van der Waals surface area contributed by atoms with E-state index < -0.39 is 0 Å². The lowest BCUT2D eigenvalue weighted by Gasteiger charge is -2.38. The van der Waals surface area contributed by atoms with Gasteiger partial charge in [-0.15, -0.1) is 0 Å². The zero-order valence-electron chi connectivity index (χ0n) is 22.0. The number of hydrogen-bond acceptors (Lipinski definition) is 5. The SMILES string of the molecule is CCCOc1cccc(CN2CCC3(CC2)COc2cc(C=O)c(CN(C)C(C)CCC)cc23)c1. The minimum atomic E-state index is 0.0572. The number of carbonyl (C=O) groups excluding carboxylic acids is 1. The molecule has 1 fully saturated rings. The van der Waals surface area contributed by atoms with Gasteiger partial charge in [-0.2, -0.15) is 0 Å². The fourth-order valence-electron chi connectivity index (χ4n) is 5.54. The summed E-state index contributed by atoms with van der Waals surface area (Å²) in [7, 11) is 2.16. The van der Waals surface area contributed by atoms with E-state index in [4.69, 9.17) is 9.47 Å². The van der Waals surface area contributed by atoms with E-state index in [1.807, 2.05) is 12.1 Å². The number of fused-ring (bicyclic) bond motifs is 2. The lowest BCUT2D eigenvalue weighted by molar-refractivity contribution is 0.112. The molecule has 35 heavy (non-hydrogen) atoms. The average molecular weight is 479 g/mol. The van der Waals surface area contributed by atoms with Gasteiger partial charge in [0, 0.05) is 35.7 Å². The van der Waals surface area contributed by atoms with Gasteiger partial charge in [-0.05, 0) is 88.1 Å². The number of ether oxygens (including phenoxy) is 2. The van der Waals surface area contributed by atoms with Gasteiger partial charge < -0.3 is 9.47 Å². The molecule has 1 unspecified atom stereocenters. The van der Waals surface area contributed by atoms with Crippen LogP contribution in [-0.4, -0.2) is 55.5 Å². The molecule has 0 radical (unpaired) electrons. The number of hydrogen-bond donors (Lipinski definition) is 0. The molecule has 2 aromatic carbocycles. The Kier molecular flexibility index (Phi) is 8.51. The van der Waals surface area contributed by atoms with Crippen LogP contribution in [0.25, 0.3) is 0 Å². The van der Waals surface area contributed by atoms with Crippen molar-refractivity contribution in [2.24, 2.45) is 0 Å². The highest BCUT2D eigenvalue weighted by molar-refractivity contribution is 5.79. The maximum absolute atomic E-state index is 11.9. The fourth-order valence-corrected chi connectivity index (χ4v) is 5.54. The summed E-state index contributed by atoms with van der Waals surface area (Å²) in [5.41, 5.74) is 4.56. The topological polar surface area (TPSA) is 42.0 Å². The fraction of sp³-hybridized carbons (Fsp3) is 0.567. The Morgan fingerprint density at radius 3 is 2.69 bits per heavy atom. The van der Waals surface area contributed by atoms with Crippen molar-refractivity contribution in [3.05, 3.63) is 58.7 Å². The zero-order chi connectivity index (χ0) is 24.8. The number of rotatable bonds is 11. The molecular formula is C30H42N2O3. The second-order valence-corrected chi connectivity index (χ2v) is 10.6. The van der Waals surface area contributed by atoms with E-state index in [9.17, 15) is 4.79 Å². The molecule has 0 aromatic heterocycles. The zero-order valence-corrected chi connectivity index (χ0v) is 22.0. The Morgan fingerprint density at radius 1 is 1.17 bits per heavy atom. The molecule has 2 aromatic rings. The van der Waals surface area contributed by atoms with E-state index in [-0.39, 0.29) is 5.41 Å². The van der Waals surface area contributed by atoms with Crippen LogP contribution in [0.4, 0.5) is 0 Å². The predicted molar refractivity (Wildman–Crippen MR) is 142 cm³/mol. The van der Waals surface area contributed by atoms with Crippen molar-refractivity contribution in [3.63, 3.8) is 0 Å². The summed E-state index contributed by atoms with van der Waals surface area (Å²) in [6.45, 7) is 11.9. The molecule has 1 spiro atoms. The van der Waals surface area contributed by atoms with Gasteiger partial charge in [-0.25, -0.2) is 0 Å². The molecule has 0 bridgehead atoms. The van der Waals surface area contributed by atoms with E-state index in [2.05, 4.69) is 61.9 Å². The lowest BCUT2D eigenvalue weighted by atomic mass is 9.73. The third-order valence-electron chi connectivity index (χ3n) is 7.91. The standard InChI is InChI=1S/C30H42N2O3/c1-5-8-23(3)31(4)20-25-17-28-29(18-26(25)21-33)35-22-30(28)11-13-32(14-12-30)19-24-9-7-10-27(16-24)34-15-6-2/h7,9-10,16-18,21,23H,5-6,8,11-15,19-20,22H2,1-4H3.